The largest absolute Gasteiger partial charge is 0.462 e. The summed E-state index contributed by atoms with van der Waals surface area (Å²) < 4.78 is 5.92. The fourth-order valence-corrected chi connectivity index (χ4v) is 8.11. The number of hydrogen-bond donors (Lipinski definition) is 3. The zero-order chi connectivity index (χ0) is 45.9. The normalized spacial score (nSPS) is 13.7. The first-order valence-electron chi connectivity index (χ1n) is 27.1. The van der Waals surface area contributed by atoms with Crippen LogP contribution < -0.4 is 5.32 Å². The lowest BCUT2D eigenvalue weighted by Crippen LogP contribution is -2.46. The molecule has 0 aliphatic carbocycles. The number of amides is 1. The van der Waals surface area contributed by atoms with Gasteiger partial charge >= 0.3 is 5.97 Å². The highest BCUT2D eigenvalue weighted by molar-refractivity contribution is 5.77. The van der Waals surface area contributed by atoms with Gasteiger partial charge in [0.1, 0.15) is 6.10 Å². The van der Waals surface area contributed by atoms with Crippen LogP contribution in [0.25, 0.3) is 0 Å². The van der Waals surface area contributed by atoms with E-state index in [0.29, 0.717) is 19.3 Å². The number of carbonyl (C=O) groups excluding carboxylic acids is 2. The topological polar surface area (TPSA) is 95.9 Å². The molecular weight excluding hydrogens is 779 g/mol. The molecule has 0 rings (SSSR count). The molecule has 0 radical (unpaired) electrons. The lowest BCUT2D eigenvalue weighted by Gasteiger charge is -2.24. The highest BCUT2D eigenvalue weighted by Gasteiger charge is 2.24. The van der Waals surface area contributed by atoms with Crippen molar-refractivity contribution in [2.75, 3.05) is 6.61 Å². The Hall–Kier alpha value is -2.44. The number of esters is 1. The van der Waals surface area contributed by atoms with Gasteiger partial charge in [-0.3, -0.25) is 9.59 Å². The van der Waals surface area contributed by atoms with E-state index in [-0.39, 0.29) is 24.9 Å². The van der Waals surface area contributed by atoms with Gasteiger partial charge in [-0.2, -0.15) is 0 Å². The van der Waals surface area contributed by atoms with Crippen molar-refractivity contribution in [3.8, 4) is 0 Å². The summed E-state index contributed by atoms with van der Waals surface area (Å²) >= 11 is 0. The Kier molecular flexibility index (Phi) is 48.6. The van der Waals surface area contributed by atoms with E-state index in [2.05, 4.69) is 50.4 Å². The number of hydrogen-bond acceptors (Lipinski definition) is 5. The maximum atomic E-state index is 13.2. The molecule has 0 aromatic heterocycles. The van der Waals surface area contributed by atoms with E-state index in [4.69, 9.17) is 4.74 Å². The van der Waals surface area contributed by atoms with Gasteiger partial charge in [0, 0.05) is 6.42 Å². The number of rotatable bonds is 48. The average molecular weight is 882 g/mol. The van der Waals surface area contributed by atoms with Crippen LogP contribution in [0.5, 0.6) is 0 Å². The molecule has 63 heavy (non-hydrogen) atoms. The molecule has 0 heterocycles. The van der Waals surface area contributed by atoms with Crippen molar-refractivity contribution in [1.82, 2.24) is 5.32 Å². The summed E-state index contributed by atoms with van der Waals surface area (Å²) in [4.78, 5) is 26.1. The van der Waals surface area contributed by atoms with E-state index < -0.39 is 18.2 Å². The Morgan fingerprint density at radius 2 is 0.841 bits per heavy atom. The monoisotopic (exact) mass is 882 g/mol. The van der Waals surface area contributed by atoms with Gasteiger partial charge in [-0.15, -0.1) is 0 Å². The van der Waals surface area contributed by atoms with Crippen molar-refractivity contribution < 1.29 is 24.5 Å². The molecule has 0 aliphatic heterocycles. The van der Waals surface area contributed by atoms with Crippen LogP contribution in [-0.4, -0.2) is 46.9 Å². The molecule has 6 nitrogen and oxygen atoms in total. The predicted molar refractivity (Wildman–Crippen MR) is 273 cm³/mol. The summed E-state index contributed by atoms with van der Waals surface area (Å²) in [6.07, 6.45) is 62.8. The average Bonchev–Trinajstić information content (AvgIpc) is 3.28. The van der Waals surface area contributed by atoms with Gasteiger partial charge in [-0.25, -0.2) is 0 Å². The number of aliphatic hydroxyl groups is 2. The fourth-order valence-electron chi connectivity index (χ4n) is 8.11. The number of allylic oxidation sites excluding steroid dienone is 10. The lowest BCUT2D eigenvalue weighted by molar-refractivity contribution is -0.151. The highest BCUT2D eigenvalue weighted by Crippen LogP contribution is 2.18. The van der Waals surface area contributed by atoms with Crippen LogP contribution in [0, 0.1) is 0 Å². The van der Waals surface area contributed by atoms with Crippen molar-refractivity contribution >= 4 is 11.9 Å². The Morgan fingerprint density at radius 3 is 1.29 bits per heavy atom. The molecule has 366 valence electrons. The molecule has 0 aromatic rings. The second-order valence-corrected chi connectivity index (χ2v) is 18.4. The molecule has 0 aromatic carbocycles. The number of unbranched alkanes of at least 4 members (excludes halogenated alkanes) is 30. The minimum Gasteiger partial charge on any atom is -0.462 e. The molecule has 1 amide bonds. The fraction of sp³-hybridized carbons (Fsp3) is 0.789. The zero-order valence-corrected chi connectivity index (χ0v) is 41.7. The van der Waals surface area contributed by atoms with Crippen LogP contribution >= 0.6 is 0 Å². The third-order valence-corrected chi connectivity index (χ3v) is 12.2. The van der Waals surface area contributed by atoms with Gasteiger partial charge in [-0.05, 0) is 44.9 Å². The van der Waals surface area contributed by atoms with Gasteiger partial charge < -0.3 is 20.3 Å². The van der Waals surface area contributed by atoms with Gasteiger partial charge in [0.25, 0.3) is 0 Å². The van der Waals surface area contributed by atoms with Crippen LogP contribution in [-0.2, 0) is 14.3 Å². The minimum atomic E-state index is -0.800. The Morgan fingerprint density at radius 1 is 0.460 bits per heavy atom. The highest BCUT2D eigenvalue weighted by atomic mass is 16.5. The molecule has 3 unspecified atom stereocenters. The predicted octanol–water partition coefficient (Wildman–Crippen LogP) is 16.4. The third-order valence-electron chi connectivity index (χ3n) is 12.2. The second-order valence-electron chi connectivity index (χ2n) is 18.4. The molecule has 0 aliphatic rings. The van der Waals surface area contributed by atoms with Gasteiger partial charge in [0.15, 0.2) is 0 Å². The van der Waals surface area contributed by atoms with Crippen LogP contribution in [0.1, 0.15) is 265 Å². The zero-order valence-electron chi connectivity index (χ0n) is 41.7. The first kappa shape index (κ1) is 60.6. The first-order valence-corrected chi connectivity index (χ1v) is 27.1. The van der Waals surface area contributed by atoms with Gasteiger partial charge in [0.05, 0.1) is 25.2 Å². The smallest absolute Gasteiger partial charge is 0.306 e. The van der Waals surface area contributed by atoms with E-state index in [0.717, 1.165) is 70.6 Å². The van der Waals surface area contributed by atoms with E-state index in [1.807, 2.05) is 36.5 Å². The Bertz CT molecular complexity index is 1130. The van der Waals surface area contributed by atoms with Crippen LogP contribution in [0.2, 0.25) is 0 Å². The molecule has 0 saturated heterocycles. The van der Waals surface area contributed by atoms with Crippen molar-refractivity contribution in [2.45, 2.75) is 283 Å². The summed E-state index contributed by atoms with van der Waals surface area (Å²) in [6.45, 7) is 6.39. The second kappa shape index (κ2) is 50.6. The number of nitrogens with one attached hydrogen (secondary N) is 1. The van der Waals surface area contributed by atoms with Crippen LogP contribution in [0.15, 0.2) is 60.8 Å². The molecule has 6 heteroatoms. The van der Waals surface area contributed by atoms with E-state index in [9.17, 15) is 19.8 Å². The van der Waals surface area contributed by atoms with Crippen LogP contribution in [0.3, 0.4) is 0 Å². The van der Waals surface area contributed by atoms with Crippen molar-refractivity contribution in [3.05, 3.63) is 60.8 Å². The van der Waals surface area contributed by atoms with Crippen molar-refractivity contribution in [3.63, 3.8) is 0 Å². The standard InChI is InChI=1S/C57H103NO5/c1-4-7-10-13-16-19-22-24-26-28-30-32-35-37-40-43-46-49-55(60)54(52-59)58-56(61)51-53(63-57(62)50-47-44-41-38-33-21-18-15-12-9-6-3)48-45-42-39-36-34-31-29-27-25-23-20-17-14-11-8-5-2/h11,14,17,20,23,25,27,29,31,34,53-55,59-60H,4-10,12-13,15-16,18-19,21-22,24,26,28,30,32-33,35-52H2,1-3H3,(H,58,61)/b14-11+,20-17+,25-23+,29-27+,34-31+. The molecule has 3 N–H and O–H groups in total. The quantitative estimate of drug-likeness (QED) is 0.0321. The minimum absolute atomic E-state index is 0.0504. The van der Waals surface area contributed by atoms with Crippen molar-refractivity contribution in [2.24, 2.45) is 0 Å². The Balaban J connectivity index is 4.60. The molecule has 0 fully saturated rings. The molecular formula is C57H103NO5. The summed E-state index contributed by atoms with van der Waals surface area (Å²) in [6, 6.07) is -0.716. The third kappa shape index (κ3) is 45.9. The van der Waals surface area contributed by atoms with Gasteiger partial charge in [0.2, 0.25) is 5.91 Å². The molecule has 0 spiro atoms. The lowest BCUT2D eigenvalue weighted by atomic mass is 10.0. The number of ether oxygens (including phenoxy) is 1. The number of aliphatic hydroxyl groups excluding tert-OH is 2. The SMILES string of the molecule is CCC/C=C/C=C/C=C/C=C/C=C/CCCCCC(CC(=O)NC(CO)C(O)CCCCCCCCCCCCCCCCCCC)OC(=O)CCCCCCCCCCCCC. The maximum absolute atomic E-state index is 13.2. The summed E-state index contributed by atoms with van der Waals surface area (Å²) in [5.74, 6) is -0.510. The Labute approximate surface area is 390 Å². The number of carbonyl (C=O) groups is 2. The van der Waals surface area contributed by atoms with E-state index in [1.54, 1.807) is 0 Å². The molecule has 3 atom stereocenters. The summed E-state index contributed by atoms with van der Waals surface area (Å²) in [7, 11) is 0. The summed E-state index contributed by atoms with van der Waals surface area (Å²) in [5, 5.41) is 23.8. The van der Waals surface area contributed by atoms with Gasteiger partial charge in [-0.1, -0.05) is 268 Å². The van der Waals surface area contributed by atoms with E-state index in [1.165, 1.54) is 148 Å². The summed E-state index contributed by atoms with van der Waals surface area (Å²) in [5.41, 5.74) is 0. The van der Waals surface area contributed by atoms with Crippen molar-refractivity contribution in [1.29, 1.82) is 0 Å². The van der Waals surface area contributed by atoms with Crippen LogP contribution in [0.4, 0.5) is 0 Å². The molecule has 0 saturated carbocycles. The maximum Gasteiger partial charge on any atom is 0.306 e. The molecule has 0 bridgehead atoms. The van der Waals surface area contributed by atoms with E-state index >= 15 is 0 Å². The first-order chi connectivity index (χ1) is 31.0.